The molecule has 0 saturated heterocycles. The van der Waals surface area contributed by atoms with E-state index in [1.165, 1.54) is 0 Å². The molecule has 2 bridgehead atoms. The van der Waals surface area contributed by atoms with Gasteiger partial charge in [-0.2, -0.15) is 0 Å². The molecule has 0 radical (unpaired) electrons. The van der Waals surface area contributed by atoms with Gasteiger partial charge >= 0.3 is 0 Å². The van der Waals surface area contributed by atoms with E-state index in [0.29, 0.717) is 32.1 Å². The molecule has 1 spiro atoms. The van der Waals surface area contributed by atoms with Crippen LogP contribution < -0.4 is 10.2 Å². The fraction of sp³-hybridized carbons (Fsp3) is 0.750. The summed E-state index contributed by atoms with van der Waals surface area (Å²) in [5, 5.41) is 24.4. The Kier molecular flexibility index (Phi) is 3.33. The minimum absolute atomic E-state index is 0.0973. The number of hydrogen-bond donors (Lipinski definition) is 0. The molecule has 0 heterocycles. The molecule has 4 fully saturated rings. The Morgan fingerprint density at radius 1 is 1.24 bits per heavy atom. The van der Waals surface area contributed by atoms with E-state index in [0.717, 1.165) is 24.7 Å². The molecule has 0 unspecified atom stereocenters. The van der Waals surface area contributed by atoms with Crippen molar-refractivity contribution >= 4 is 18.2 Å². The predicted octanol–water partition coefficient (Wildman–Crippen LogP) is 0.470. The number of carbonyl (C=O) groups excluding carboxylic acids is 3. The number of rotatable bonds is 3. The van der Waals surface area contributed by atoms with Crippen molar-refractivity contribution in [2.75, 3.05) is 0 Å². The Morgan fingerprint density at radius 3 is 2.56 bits per heavy atom. The van der Waals surface area contributed by atoms with E-state index in [9.17, 15) is 24.6 Å². The second-order valence-corrected chi connectivity index (χ2v) is 9.16. The maximum atomic E-state index is 12.4. The fourth-order valence-electron chi connectivity index (χ4n) is 7.61. The average molecular weight is 344 g/mol. The number of aliphatic carboxylic acids is 2. The summed E-state index contributed by atoms with van der Waals surface area (Å²) in [5.41, 5.74) is -1.72. The van der Waals surface area contributed by atoms with Crippen molar-refractivity contribution in [1.29, 1.82) is 0 Å². The lowest BCUT2D eigenvalue weighted by Gasteiger charge is -2.52. The average Bonchev–Trinajstić information content (AvgIpc) is 2.96. The number of hydrogen-bond acceptors (Lipinski definition) is 5. The highest BCUT2D eigenvalue weighted by atomic mass is 16.4. The summed E-state index contributed by atoms with van der Waals surface area (Å²) in [6.07, 6.45) is 5.39. The van der Waals surface area contributed by atoms with Gasteiger partial charge in [0.2, 0.25) is 0 Å². The molecule has 0 aromatic rings. The Bertz CT molecular complexity index is 684. The van der Waals surface area contributed by atoms with Gasteiger partial charge in [-0.15, -0.1) is 0 Å². The van der Waals surface area contributed by atoms with Crippen LogP contribution >= 0.6 is 0 Å². The molecular formula is C20H24O5-2. The Labute approximate surface area is 147 Å². The topological polar surface area (TPSA) is 97.3 Å². The number of carboxylic acids is 2. The number of aldehydes is 1. The van der Waals surface area contributed by atoms with Crippen molar-refractivity contribution in [2.45, 2.75) is 51.9 Å². The fourth-order valence-corrected chi connectivity index (χ4v) is 7.61. The molecule has 4 rings (SSSR count). The highest BCUT2D eigenvalue weighted by Crippen LogP contribution is 2.76. The maximum Gasteiger partial charge on any atom is 0.126 e. The zero-order valence-electron chi connectivity index (χ0n) is 14.6. The van der Waals surface area contributed by atoms with Crippen LogP contribution in [0.4, 0.5) is 0 Å². The van der Waals surface area contributed by atoms with Crippen LogP contribution in [-0.2, 0) is 14.4 Å². The maximum absolute atomic E-state index is 12.4. The molecule has 4 aliphatic carbocycles. The third-order valence-corrected chi connectivity index (χ3v) is 8.37. The van der Waals surface area contributed by atoms with Crippen molar-refractivity contribution in [2.24, 2.45) is 39.9 Å². The van der Waals surface area contributed by atoms with Crippen molar-refractivity contribution in [1.82, 2.24) is 0 Å². The number of allylic oxidation sites excluding steroid dienone is 1. The van der Waals surface area contributed by atoms with Crippen LogP contribution in [0.25, 0.3) is 0 Å². The largest absolute Gasteiger partial charge is 0.550 e. The molecule has 4 saturated carbocycles. The summed E-state index contributed by atoms with van der Waals surface area (Å²) in [6, 6.07) is 0. The molecule has 0 N–H and O–H groups in total. The SMILES string of the molecule is C=C1C[C@]23C[C@H]1CC[C@H]2[C@]1(C=O)CCC[C@@](C)(C(=O)[O-])[C@H]1[C@@H]3C(=O)[O-]. The highest BCUT2D eigenvalue weighted by Gasteiger charge is 2.74. The number of fused-ring (bicyclic) bond motifs is 3. The van der Waals surface area contributed by atoms with E-state index in [1.807, 2.05) is 0 Å². The first kappa shape index (κ1) is 16.8. The number of carbonyl (C=O) groups is 3. The smallest absolute Gasteiger partial charge is 0.126 e. The third-order valence-electron chi connectivity index (χ3n) is 8.37. The quantitative estimate of drug-likeness (QED) is 0.547. The standard InChI is InChI=1S/C20H26O5/c1-11-8-20-9-12(11)4-5-13(20)19(10-21)7-3-6-18(2,17(24)25)15(19)14(20)16(22)23/h10,12-15H,1,3-9H2,2H3,(H,22,23)(H,24,25)/p-2/t12-,13+,14-,15-,18-,19-,20+/m1/s1. The third kappa shape index (κ3) is 1.77. The van der Waals surface area contributed by atoms with E-state index in [1.54, 1.807) is 6.92 Å². The Balaban J connectivity index is 1.97. The van der Waals surface area contributed by atoms with E-state index < -0.39 is 40.0 Å². The minimum atomic E-state index is -1.31. The lowest BCUT2D eigenvalue weighted by Crippen LogP contribution is -2.57. The molecule has 0 aromatic heterocycles. The van der Waals surface area contributed by atoms with Crippen LogP contribution in [0.2, 0.25) is 0 Å². The van der Waals surface area contributed by atoms with E-state index in [2.05, 4.69) is 6.58 Å². The van der Waals surface area contributed by atoms with Gasteiger partial charge < -0.3 is 24.6 Å². The Hall–Kier alpha value is -1.65. The molecule has 0 amide bonds. The molecule has 25 heavy (non-hydrogen) atoms. The van der Waals surface area contributed by atoms with Gasteiger partial charge in [0.25, 0.3) is 0 Å². The van der Waals surface area contributed by atoms with Crippen LogP contribution in [0, 0.1) is 39.9 Å². The van der Waals surface area contributed by atoms with Crippen LogP contribution in [0.15, 0.2) is 12.2 Å². The van der Waals surface area contributed by atoms with Crippen LogP contribution in [-0.4, -0.2) is 18.2 Å². The summed E-state index contributed by atoms with van der Waals surface area (Å²) in [5.74, 6) is -3.93. The van der Waals surface area contributed by atoms with Gasteiger partial charge in [-0.1, -0.05) is 25.5 Å². The van der Waals surface area contributed by atoms with Gasteiger partial charge in [0.05, 0.1) is 0 Å². The molecule has 5 heteroatoms. The first-order valence-corrected chi connectivity index (χ1v) is 9.29. The Morgan fingerprint density at radius 2 is 1.96 bits per heavy atom. The van der Waals surface area contributed by atoms with Crippen molar-refractivity contribution in [3.8, 4) is 0 Å². The monoisotopic (exact) mass is 344 g/mol. The van der Waals surface area contributed by atoms with Gasteiger partial charge in [-0.05, 0) is 61.7 Å². The van der Waals surface area contributed by atoms with Crippen LogP contribution in [0.1, 0.15) is 51.9 Å². The van der Waals surface area contributed by atoms with Crippen molar-refractivity contribution in [3.63, 3.8) is 0 Å². The van der Waals surface area contributed by atoms with Gasteiger partial charge in [-0.3, -0.25) is 0 Å². The second-order valence-electron chi connectivity index (χ2n) is 9.16. The minimum Gasteiger partial charge on any atom is -0.550 e. The summed E-state index contributed by atoms with van der Waals surface area (Å²) in [7, 11) is 0. The number of carboxylic acid groups (broad SMARTS) is 2. The van der Waals surface area contributed by atoms with Gasteiger partial charge in [-0.25, -0.2) is 0 Å². The second kappa shape index (κ2) is 4.95. The normalized spacial score (nSPS) is 50.8. The zero-order chi connectivity index (χ0) is 18.2. The van der Waals surface area contributed by atoms with E-state index in [-0.39, 0.29) is 11.8 Å². The van der Waals surface area contributed by atoms with Crippen LogP contribution in [0.5, 0.6) is 0 Å². The van der Waals surface area contributed by atoms with Crippen molar-refractivity contribution < 1.29 is 24.6 Å². The lowest BCUT2D eigenvalue weighted by atomic mass is 9.53. The van der Waals surface area contributed by atoms with Gasteiger partial charge in [0.1, 0.15) is 6.29 Å². The van der Waals surface area contributed by atoms with Gasteiger partial charge in [0.15, 0.2) is 0 Å². The van der Waals surface area contributed by atoms with E-state index in [4.69, 9.17) is 0 Å². The zero-order valence-corrected chi connectivity index (χ0v) is 14.6. The first-order chi connectivity index (χ1) is 11.7. The van der Waals surface area contributed by atoms with Crippen molar-refractivity contribution in [3.05, 3.63) is 12.2 Å². The summed E-state index contributed by atoms with van der Waals surface area (Å²) < 4.78 is 0. The van der Waals surface area contributed by atoms with Gasteiger partial charge in [0, 0.05) is 28.7 Å². The van der Waals surface area contributed by atoms with E-state index >= 15 is 0 Å². The lowest BCUT2D eigenvalue weighted by molar-refractivity contribution is -0.330. The summed E-state index contributed by atoms with van der Waals surface area (Å²) >= 11 is 0. The van der Waals surface area contributed by atoms with Crippen LogP contribution in [0.3, 0.4) is 0 Å². The predicted molar refractivity (Wildman–Crippen MR) is 84.5 cm³/mol. The molecule has 136 valence electrons. The molecule has 0 aromatic carbocycles. The first-order valence-electron chi connectivity index (χ1n) is 9.29. The summed E-state index contributed by atoms with van der Waals surface area (Å²) in [6.45, 7) is 5.73. The molecular weight excluding hydrogens is 320 g/mol. The molecule has 7 atom stereocenters. The molecule has 0 aliphatic heterocycles. The molecule has 4 aliphatic rings. The highest BCUT2D eigenvalue weighted by molar-refractivity contribution is 5.81. The molecule has 5 nitrogen and oxygen atoms in total. The summed E-state index contributed by atoms with van der Waals surface area (Å²) in [4.78, 5) is 36.8.